The number of nitrogens with one attached hydrogen (secondary N) is 1. The van der Waals surface area contributed by atoms with Crippen LogP contribution in [-0.4, -0.2) is 11.0 Å². The SMILES string of the molecule is C=CC(C)Nc1ncc(Cl)cc1Br. The Balaban J connectivity index is 2.83. The van der Waals surface area contributed by atoms with Crippen LogP contribution in [-0.2, 0) is 0 Å². The van der Waals surface area contributed by atoms with Crippen molar-refractivity contribution >= 4 is 33.3 Å². The molecule has 1 aromatic rings. The van der Waals surface area contributed by atoms with E-state index in [2.05, 4.69) is 32.8 Å². The van der Waals surface area contributed by atoms with Crippen LogP contribution in [0.15, 0.2) is 29.4 Å². The molecule has 0 radical (unpaired) electrons. The lowest BCUT2D eigenvalue weighted by Crippen LogP contribution is -2.12. The topological polar surface area (TPSA) is 24.9 Å². The molecular formula is C9H10BrClN2. The fourth-order valence-electron chi connectivity index (χ4n) is 0.795. The molecule has 0 aliphatic heterocycles. The van der Waals surface area contributed by atoms with Gasteiger partial charge in [0.2, 0.25) is 0 Å². The number of hydrogen-bond acceptors (Lipinski definition) is 2. The van der Waals surface area contributed by atoms with E-state index in [1.54, 1.807) is 12.3 Å². The summed E-state index contributed by atoms with van der Waals surface area (Å²) in [6.07, 6.45) is 3.41. The van der Waals surface area contributed by atoms with Gasteiger partial charge in [0.25, 0.3) is 0 Å². The number of pyridine rings is 1. The fraction of sp³-hybridized carbons (Fsp3) is 0.222. The number of hydrogen-bond donors (Lipinski definition) is 1. The van der Waals surface area contributed by atoms with Crippen molar-refractivity contribution in [2.75, 3.05) is 5.32 Å². The van der Waals surface area contributed by atoms with Gasteiger partial charge in [-0.1, -0.05) is 17.7 Å². The second-order valence-electron chi connectivity index (χ2n) is 2.65. The van der Waals surface area contributed by atoms with Crippen molar-refractivity contribution in [1.82, 2.24) is 4.98 Å². The second kappa shape index (κ2) is 4.63. The van der Waals surface area contributed by atoms with Crippen molar-refractivity contribution in [3.05, 3.63) is 34.4 Å². The van der Waals surface area contributed by atoms with E-state index in [0.717, 1.165) is 10.3 Å². The van der Waals surface area contributed by atoms with Crippen molar-refractivity contribution in [1.29, 1.82) is 0 Å². The Hall–Kier alpha value is -0.540. The van der Waals surface area contributed by atoms with Gasteiger partial charge in [0, 0.05) is 12.2 Å². The van der Waals surface area contributed by atoms with Gasteiger partial charge < -0.3 is 5.32 Å². The van der Waals surface area contributed by atoms with Gasteiger partial charge >= 0.3 is 0 Å². The highest BCUT2D eigenvalue weighted by molar-refractivity contribution is 9.10. The van der Waals surface area contributed by atoms with Gasteiger partial charge in [-0.15, -0.1) is 6.58 Å². The zero-order valence-electron chi connectivity index (χ0n) is 7.22. The zero-order chi connectivity index (χ0) is 9.84. The highest BCUT2D eigenvalue weighted by Gasteiger charge is 2.03. The van der Waals surface area contributed by atoms with Crippen LogP contribution >= 0.6 is 27.5 Å². The molecule has 0 fully saturated rings. The van der Waals surface area contributed by atoms with Crippen LogP contribution in [0.4, 0.5) is 5.82 Å². The first-order valence-corrected chi connectivity index (χ1v) is 5.00. The largest absolute Gasteiger partial charge is 0.363 e. The van der Waals surface area contributed by atoms with Crippen molar-refractivity contribution in [2.24, 2.45) is 0 Å². The van der Waals surface area contributed by atoms with Gasteiger partial charge in [-0.05, 0) is 28.9 Å². The number of halogens is 2. The lowest BCUT2D eigenvalue weighted by atomic mass is 10.3. The van der Waals surface area contributed by atoms with E-state index in [9.17, 15) is 0 Å². The van der Waals surface area contributed by atoms with Crippen LogP contribution in [0.1, 0.15) is 6.92 Å². The first-order valence-electron chi connectivity index (χ1n) is 3.83. The summed E-state index contributed by atoms with van der Waals surface area (Å²) >= 11 is 9.11. The van der Waals surface area contributed by atoms with Gasteiger partial charge in [-0.3, -0.25) is 0 Å². The number of rotatable bonds is 3. The lowest BCUT2D eigenvalue weighted by Gasteiger charge is -2.11. The normalized spacial score (nSPS) is 12.2. The maximum Gasteiger partial charge on any atom is 0.140 e. The summed E-state index contributed by atoms with van der Waals surface area (Å²) in [5, 5.41) is 3.77. The lowest BCUT2D eigenvalue weighted by molar-refractivity contribution is 0.981. The molecular weight excluding hydrogens is 251 g/mol. The van der Waals surface area contributed by atoms with E-state index in [-0.39, 0.29) is 6.04 Å². The van der Waals surface area contributed by atoms with E-state index in [4.69, 9.17) is 11.6 Å². The van der Waals surface area contributed by atoms with Crippen LogP contribution in [0.3, 0.4) is 0 Å². The van der Waals surface area contributed by atoms with E-state index in [1.165, 1.54) is 0 Å². The third-order valence-corrected chi connectivity index (χ3v) is 2.34. The van der Waals surface area contributed by atoms with E-state index in [1.807, 2.05) is 13.0 Å². The van der Waals surface area contributed by atoms with Crippen molar-refractivity contribution in [3.8, 4) is 0 Å². The number of nitrogens with zero attached hydrogens (tertiary/aromatic N) is 1. The van der Waals surface area contributed by atoms with Gasteiger partial charge in [0.1, 0.15) is 5.82 Å². The Bertz CT molecular complexity index is 314. The van der Waals surface area contributed by atoms with Crippen molar-refractivity contribution in [2.45, 2.75) is 13.0 Å². The predicted molar refractivity (Wildman–Crippen MR) is 60.2 cm³/mol. The minimum absolute atomic E-state index is 0.185. The molecule has 0 aromatic carbocycles. The summed E-state index contributed by atoms with van der Waals surface area (Å²) in [6, 6.07) is 1.98. The monoisotopic (exact) mass is 260 g/mol. The zero-order valence-corrected chi connectivity index (χ0v) is 9.56. The summed E-state index contributed by atoms with van der Waals surface area (Å²) in [4.78, 5) is 4.13. The Labute approximate surface area is 91.1 Å². The quantitative estimate of drug-likeness (QED) is 0.843. The van der Waals surface area contributed by atoms with Crippen molar-refractivity contribution in [3.63, 3.8) is 0 Å². The molecule has 1 atom stereocenters. The molecule has 1 unspecified atom stereocenters. The highest BCUT2D eigenvalue weighted by atomic mass is 79.9. The van der Waals surface area contributed by atoms with Crippen LogP contribution in [0.5, 0.6) is 0 Å². The van der Waals surface area contributed by atoms with Gasteiger partial charge in [-0.2, -0.15) is 0 Å². The smallest absolute Gasteiger partial charge is 0.140 e. The Morgan fingerprint density at radius 2 is 2.46 bits per heavy atom. The number of aromatic nitrogens is 1. The van der Waals surface area contributed by atoms with Crippen LogP contribution in [0, 0.1) is 0 Å². The summed E-state index contributed by atoms with van der Waals surface area (Å²) < 4.78 is 0.855. The van der Waals surface area contributed by atoms with E-state index < -0.39 is 0 Å². The third-order valence-electron chi connectivity index (χ3n) is 1.53. The van der Waals surface area contributed by atoms with Crippen LogP contribution in [0.25, 0.3) is 0 Å². The van der Waals surface area contributed by atoms with Crippen molar-refractivity contribution < 1.29 is 0 Å². The first kappa shape index (κ1) is 10.5. The molecule has 0 bridgehead atoms. The summed E-state index contributed by atoms with van der Waals surface area (Å²) in [5.74, 6) is 0.775. The molecule has 1 aromatic heterocycles. The van der Waals surface area contributed by atoms with Crippen LogP contribution < -0.4 is 5.32 Å². The molecule has 1 rings (SSSR count). The molecule has 13 heavy (non-hydrogen) atoms. The minimum Gasteiger partial charge on any atom is -0.363 e. The Kier molecular flexibility index (Phi) is 3.75. The maximum atomic E-state index is 5.75. The third kappa shape index (κ3) is 3.01. The molecule has 0 amide bonds. The first-order chi connectivity index (χ1) is 6.13. The summed E-state index contributed by atoms with van der Waals surface area (Å²) in [5.41, 5.74) is 0. The molecule has 0 aliphatic rings. The molecule has 0 aliphatic carbocycles. The molecule has 0 saturated carbocycles. The molecule has 1 N–H and O–H groups in total. The minimum atomic E-state index is 0.185. The molecule has 70 valence electrons. The predicted octanol–water partition coefficient (Wildman–Crippen LogP) is 3.48. The summed E-state index contributed by atoms with van der Waals surface area (Å²) in [6.45, 7) is 5.67. The molecule has 2 nitrogen and oxygen atoms in total. The molecule has 0 saturated heterocycles. The maximum absolute atomic E-state index is 5.75. The van der Waals surface area contributed by atoms with Crippen LogP contribution in [0.2, 0.25) is 5.02 Å². The molecule has 0 spiro atoms. The Morgan fingerprint density at radius 3 is 3.00 bits per heavy atom. The van der Waals surface area contributed by atoms with E-state index in [0.29, 0.717) is 5.02 Å². The average molecular weight is 262 g/mol. The number of anilines is 1. The standard InChI is InChI=1S/C9H10BrClN2/c1-3-6(2)13-9-8(10)4-7(11)5-12-9/h3-6H,1H2,2H3,(H,12,13). The van der Waals surface area contributed by atoms with Gasteiger partial charge in [0.15, 0.2) is 0 Å². The average Bonchev–Trinajstić information content (AvgIpc) is 2.09. The molecule has 4 heteroatoms. The highest BCUT2D eigenvalue weighted by Crippen LogP contribution is 2.23. The second-order valence-corrected chi connectivity index (χ2v) is 3.94. The van der Waals surface area contributed by atoms with Gasteiger partial charge in [0.05, 0.1) is 9.50 Å². The fourth-order valence-corrected chi connectivity index (χ4v) is 1.55. The molecule has 1 heterocycles. The van der Waals surface area contributed by atoms with Gasteiger partial charge in [-0.25, -0.2) is 4.98 Å². The van der Waals surface area contributed by atoms with E-state index >= 15 is 0 Å². The summed E-state index contributed by atoms with van der Waals surface area (Å²) in [7, 11) is 0. The Morgan fingerprint density at radius 1 is 1.77 bits per heavy atom.